The van der Waals surface area contributed by atoms with Crippen LogP contribution < -0.4 is 0 Å². The standard InChI is InChI=1S/2C8H16O2.2C2H6/c2*1-8(2,3)7-6-9-4-5-10-7;2*1-2/h2*7H,4-6H2,1-3H3;2*1-2H3/t2*7-;;/m10../s1. The molecule has 0 aromatic carbocycles. The van der Waals surface area contributed by atoms with Gasteiger partial charge >= 0.3 is 0 Å². The molecule has 0 bridgehead atoms. The van der Waals surface area contributed by atoms with E-state index in [1.54, 1.807) is 0 Å². The Morgan fingerprint density at radius 1 is 0.542 bits per heavy atom. The number of ether oxygens (including phenoxy) is 4. The highest BCUT2D eigenvalue weighted by Crippen LogP contribution is 2.24. The number of hydrogen-bond acceptors (Lipinski definition) is 4. The first-order valence-corrected chi connectivity index (χ1v) is 9.60. The number of hydrogen-bond donors (Lipinski definition) is 0. The molecule has 2 aliphatic rings. The minimum Gasteiger partial charge on any atom is -0.376 e. The number of rotatable bonds is 0. The summed E-state index contributed by atoms with van der Waals surface area (Å²) in [5.41, 5.74) is 0.445. The van der Waals surface area contributed by atoms with E-state index in [2.05, 4.69) is 41.5 Å². The molecular formula is C20H44O4. The summed E-state index contributed by atoms with van der Waals surface area (Å²) in [6.07, 6.45) is 0.558. The van der Waals surface area contributed by atoms with E-state index in [-0.39, 0.29) is 23.0 Å². The molecule has 0 unspecified atom stereocenters. The smallest absolute Gasteiger partial charge is 0.0857 e. The van der Waals surface area contributed by atoms with Gasteiger partial charge in [-0.3, -0.25) is 0 Å². The van der Waals surface area contributed by atoms with Gasteiger partial charge in [0.05, 0.1) is 51.8 Å². The molecule has 4 nitrogen and oxygen atoms in total. The minimum absolute atomic E-state index is 0.223. The molecule has 148 valence electrons. The zero-order valence-corrected chi connectivity index (χ0v) is 18.0. The van der Waals surface area contributed by atoms with Crippen molar-refractivity contribution >= 4 is 0 Å². The lowest BCUT2D eigenvalue weighted by Crippen LogP contribution is -2.38. The van der Waals surface area contributed by atoms with E-state index in [0.717, 1.165) is 39.6 Å². The van der Waals surface area contributed by atoms with Crippen LogP contribution in [0.5, 0.6) is 0 Å². The molecule has 2 rings (SSSR count). The van der Waals surface area contributed by atoms with E-state index < -0.39 is 0 Å². The lowest BCUT2D eigenvalue weighted by atomic mass is 9.89. The van der Waals surface area contributed by atoms with Crippen LogP contribution in [0, 0.1) is 10.8 Å². The third-order valence-electron chi connectivity index (χ3n) is 3.56. The SMILES string of the molecule is CC.CC.CC(C)(C)[C@@H]1COCCO1.CC(C)(C)[C@H]1COCCO1. The average molecular weight is 349 g/mol. The predicted molar refractivity (Wildman–Crippen MR) is 103 cm³/mol. The molecule has 4 heteroatoms. The second-order valence-electron chi connectivity index (χ2n) is 7.60. The molecule has 2 fully saturated rings. The maximum absolute atomic E-state index is 5.52. The van der Waals surface area contributed by atoms with Crippen molar-refractivity contribution in [3.63, 3.8) is 0 Å². The van der Waals surface area contributed by atoms with E-state index in [4.69, 9.17) is 18.9 Å². The van der Waals surface area contributed by atoms with Gasteiger partial charge in [-0.1, -0.05) is 69.2 Å². The molecule has 0 radical (unpaired) electrons. The summed E-state index contributed by atoms with van der Waals surface area (Å²) in [6.45, 7) is 25.6. The molecule has 2 saturated heterocycles. The summed E-state index contributed by atoms with van der Waals surface area (Å²) < 4.78 is 21.6. The fourth-order valence-corrected chi connectivity index (χ4v) is 1.98. The maximum Gasteiger partial charge on any atom is 0.0857 e. The van der Waals surface area contributed by atoms with Crippen LogP contribution in [0.25, 0.3) is 0 Å². The van der Waals surface area contributed by atoms with Crippen LogP contribution in [0.2, 0.25) is 0 Å². The van der Waals surface area contributed by atoms with Gasteiger partial charge in [-0.2, -0.15) is 0 Å². The summed E-state index contributed by atoms with van der Waals surface area (Å²) in [5, 5.41) is 0. The molecule has 0 aromatic rings. The highest BCUT2D eigenvalue weighted by atomic mass is 16.6. The molecule has 0 amide bonds. The van der Waals surface area contributed by atoms with Gasteiger partial charge in [-0.15, -0.1) is 0 Å². The zero-order valence-electron chi connectivity index (χ0n) is 18.0. The van der Waals surface area contributed by atoms with Crippen LogP contribution in [0.3, 0.4) is 0 Å². The second kappa shape index (κ2) is 14.1. The normalized spacial score (nSPS) is 24.2. The van der Waals surface area contributed by atoms with Crippen LogP contribution in [0.4, 0.5) is 0 Å². The molecule has 2 atom stereocenters. The Labute approximate surface area is 151 Å². The summed E-state index contributed by atoms with van der Waals surface area (Å²) in [5.74, 6) is 0. The Balaban J connectivity index is 0. The van der Waals surface area contributed by atoms with E-state index in [0.29, 0.717) is 0 Å². The molecule has 0 N–H and O–H groups in total. The van der Waals surface area contributed by atoms with Crippen LogP contribution in [0.1, 0.15) is 69.2 Å². The predicted octanol–water partition coefficient (Wildman–Crippen LogP) is 4.95. The Morgan fingerprint density at radius 3 is 0.958 bits per heavy atom. The van der Waals surface area contributed by atoms with Gasteiger partial charge in [0.1, 0.15) is 0 Å². The van der Waals surface area contributed by atoms with Crippen molar-refractivity contribution < 1.29 is 18.9 Å². The molecule has 0 spiro atoms. The molecule has 0 aliphatic carbocycles. The Morgan fingerprint density at radius 2 is 0.833 bits per heavy atom. The van der Waals surface area contributed by atoms with Crippen molar-refractivity contribution in [3.05, 3.63) is 0 Å². The van der Waals surface area contributed by atoms with Gasteiger partial charge in [0.2, 0.25) is 0 Å². The molecule has 2 heterocycles. The van der Waals surface area contributed by atoms with Crippen LogP contribution in [-0.2, 0) is 18.9 Å². The summed E-state index contributed by atoms with van der Waals surface area (Å²) >= 11 is 0. The van der Waals surface area contributed by atoms with Gasteiger partial charge in [0, 0.05) is 0 Å². The van der Waals surface area contributed by atoms with Crippen molar-refractivity contribution in [3.8, 4) is 0 Å². The van der Waals surface area contributed by atoms with Gasteiger partial charge < -0.3 is 18.9 Å². The summed E-state index contributed by atoms with van der Waals surface area (Å²) in [7, 11) is 0. The monoisotopic (exact) mass is 348 g/mol. The molecule has 2 aliphatic heterocycles. The Bertz CT molecular complexity index is 226. The largest absolute Gasteiger partial charge is 0.376 e. The van der Waals surface area contributed by atoms with Crippen molar-refractivity contribution in [1.82, 2.24) is 0 Å². The van der Waals surface area contributed by atoms with Gasteiger partial charge in [-0.25, -0.2) is 0 Å². The van der Waals surface area contributed by atoms with Crippen LogP contribution in [-0.4, -0.2) is 51.8 Å². The van der Waals surface area contributed by atoms with E-state index in [1.807, 2.05) is 27.7 Å². The average Bonchev–Trinajstić information content (AvgIpc) is 2.59. The van der Waals surface area contributed by atoms with Crippen molar-refractivity contribution in [2.24, 2.45) is 10.8 Å². The second-order valence-corrected chi connectivity index (χ2v) is 7.60. The van der Waals surface area contributed by atoms with Gasteiger partial charge in [-0.05, 0) is 10.8 Å². The van der Waals surface area contributed by atoms with E-state index >= 15 is 0 Å². The highest BCUT2D eigenvalue weighted by Gasteiger charge is 2.28. The zero-order chi connectivity index (χ0) is 19.2. The highest BCUT2D eigenvalue weighted by molar-refractivity contribution is 4.76. The first kappa shape index (κ1) is 26.1. The van der Waals surface area contributed by atoms with Gasteiger partial charge in [0.25, 0.3) is 0 Å². The van der Waals surface area contributed by atoms with E-state index in [9.17, 15) is 0 Å². The fraction of sp³-hybridized carbons (Fsp3) is 1.00. The quantitative estimate of drug-likeness (QED) is 0.621. The third-order valence-corrected chi connectivity index (χ3v) is 3.56. The molecule has 0 aromatic heterocycles. The molecule has 24 heavy (non-hydrogen) atoms. The Hall–Kier alpha value is -0.160. The third kappa shape index (κ3) is 12.2. The van der Waals surface area contributed by atoms with Gasteiger partial charge in [0.15, 0.2) is 0 Å². The van der Waals surface area contributed by atoms with Crippen molar-refractivity contribution in [2.45, 2.75) is 81.4 Å². The van der Waals surface area contributed by atoms with Crippen LogP contribution >= 0.6 is 0 Å². The lowest BCUT2D eigenvalue weighted by Gasteiger charge is -2.33. The first-order valence-electron chi connectivity index (χ1n) is 9.60. The Kier molecular flexibility index (Phi) is 15.3. The van der Waals surface area contributed by atoms with Crippen molar-refractivity contribution in [1.29, 1.82) is 0 Å². The first-order chi connectivity index (χ1) is 11.2. The lowest BCUT2D eigenvalue weighted by molar-refractivity contribution is -0.128. The van der Waals surface area contributed by atoms with E-state index in [1.165, 1.54) is 0 Å². The summed E-state index contributed by atoms with van der Waals surface area (Å²) in [6, 6.07) is 0. The molecular weight excluding hydrogens is 304 g/mol. The topological polar surface area (TPSA) is 36.9 Å². The minimum atomic E-state index is 0.223. The summed E-state index contributed by atoms with van der Waals surface area (Å²) in [4.78, 5) is 0. The van der Waals surface area contributed by atoms with Crippen molar-refractivity contribution in [2.75, 3.05) is 39.6 Å². The maximum atomic E-state index is 5.52. The van der Waals surface area contributed by atoms with Crippen LogP contribution in [0.15, 0.2) is 0 Å². The fourth-order valence-electron chi connectivity index (χ4n) is 1.98. The molecule has 0 saturated carbocycles.